The largest absolute Gasteiger partial charge is 0.477 e. The van der Waals surface area contributed by atoms with Crippen LogP contribution in [0.5, 0.6) is 0 Å². The minimum absolute atomic E-state index is 0.227. The zero-order chi connectivity index (χ0) is 9.30. The fourth-order valence-corrected chi connectivity index (χ4v) is 1.77. The molecule has 4 heteroatoms. The summed E-state index contributed by atoms with van der Waals surface area (Å²) in [5.74, 6) is -0.630. The number of aromatic nitrogens is 1. The normalized spacial score (nSPS) is 10.7. The third-order valence-electron chi connectivity index (χ3n) is 1.61. The second-order valence-electron chi connectivity index (χ2n) is 2.90. The van der Waals surface area contributed by atoms with Crippen LogP contribution in [0, 0.1) is 0 Å². The first kappa shape index (κ1) is 9.32. The third kappa shape index (κ3) is 1.69. The van der Waals surface area contributed by atoms with Gasteiger partial charge in [0.05, 0.1) is 0 Å². The lowest BCUT2D eigenvalue weighted by Gasteiger charge is -2.00. The van der Waals surface area contributed by atoms with Gasteiger partial charge in [-0.25, -0.2) is 4.79 Å². The molecule has 1 rings (SSSR count). The number of nitrogens with one attached hydrogen (secondary N) is 1. The molecule has 0 unspecified atom stereocenters. The van der Waals surface area contributed by atoms with Crippen molar-refractivity contribution in [3.63, 3.8) is 0 Å². The van der Waals surface area contributed by atoms with E-state index >= 15 is 0 Å². The standard InChI is InChI=1S/C8H10BrNO2/c1-4(2)7-5(9)3-6(10-7)8(11)12/h3-4,10H,1-2H3,(H,11,12). The van der Waals surface area contributed by atoms with Gasteiger partial charge in [0.2, 0.25) is 0 Å². The second-order valence-corrected chi connectivity index (χ2v) is 3.76. The Bertz CT molecular complexity index is 304. The molecule has 0 saturated carbocycles. The summed E-state index contributed by atoms with van der Waals surface area (Å²) in [6.45, 7) is 4.00. The molecule has 0 bridgehead atoms. The van der Waals surface area contributed by atoms with Crippen LogP contribution in [0.2, 0.25) is 0 Å². The Kier molecular flexibility index (Phi) is 2.57. The molecule has 0 spiro atoms. The van der Waals surface area contributed by atoms with E-state index in [0.717, 1.165) is 10.2 Å². The van der Waals surface area contributed by atoms with Crippen LogP contribution in [0.4, 0.5) is 0 Å². The molecule has 66 valence electrons. The van der Waals surface area contributed by atoms with E-state index in [9.17, 15) is 4.79 Å². The zero-order valence-corrected chi connectivity index (χ0v) is 8.47. The summed E-state index contributed by atoms with van der Waals surface area (Å²) in [4.78, 5) is 13.4. The molecule has 0 amide bonds. The van der Waals surface area contributed by atoms with E-state index in [1.165, 1.54) is 0 Å². The molecule has 3 nitrogen and oxygen atoms in total. The van der Waals surface area contributed by atoms with Crippen LogP contribution in [-0.4, -0.2) is 16.1 Å². The van der Waals surface area contributed by atoms with Gasteiger partial charge < -0.3 is 10.1 Å². The van der Waals surface area contributed by atoms with E-state index in [2.05, 4.69) is 20.9 Å². The Hall–Kier alpha value is -0.770. The predicted octanol–water partition coefficient (Wildman–Crippen LogP) is 2.60. The number of hydrogen-bond acceptors (Lipinski definition) is 1. The highest BCUT2D eigenvalue weighted by molar-refractivity contribution is 9.10. The fourth-order valence-electron chi connectivity index (χ4n) is 0.981. The van der Waals surface area contributed by atoms with Gasteiger partial charge in [0.25, 0.3) is 0 Å². The number of aromatic amines is 1. The molecule has 0 aliphatic rings. The van der Waals surface area contributed by atoms with Crippen molar-refractivity contribution in [2.45, 2.75) is 19.8 Å². The third-order valence-corrected chi connectivity index (χ3v) is 2.26. The van der Waals surface area contributed by atoms with E-state index in [4.69, 9.17) is 5.11 Å². The lowest BCUT2D eigenvalue weighted by atomic mass is 10.1. The number of carboxylic acids is 1. The maximum absolute atomic E-state index is 10.5. The summed E-state index contributed by atoms with van der Waals surface area (Å²) in [6.07, 6.45) is 0. The van der Waals surface area contributed by atoms with Crippen molar-refractivity contribution in [1.29, 1.82) is 0 Å². The topological polar surface area (TPSA) is 53.1 Å². The Labute approximate surface area is 78.9 Å². The predicted molar refractivity (Wildman–Crippen MR) is 49.5 cm³/mol. The molecule has 0 aliphatic carbocycles. The zero-order valence-electron chi connectivity index (χ0n) is 6.89. The first-order valence-electron chi connectivity index (χ1n) is 3.64. The molecule has 0 atom stereocenters. The molecule has 0 fully saturated rings. The van der Waals surface area contributed by atoms with Crippen molar-refractivity contribution in [3.8, 4) is 0 Å². The minimum Gasteiger partial charge on any atom is -0.477 e. The van der Waals surface area contributed by atoms with Crippen LogP contribution in [0.25, 0.3) is 0 Å². The lowest BCUT2D eigenvalue weighted by Crippen LogP contribution is -1.97. The minimum atomic E-state index is -0.928. The van der Waals surface area contributed by atoms with E-state index in [1.54, 1.807) is 6.07 Å². The van der Waals surface area contributed by atoms with Crippen LogP contribution in [-0.2, 0) is 0 Å². The van der Waals surface area contributed by atoms with Gasteiger partial charge in [0, 0.05) is 10.2 Å². The van der Waals surface area contributed by atoms with Gasteiger partial charge in [-0.2, -0.15) is 0 Å². The molecule has 1 aromatic heterocycles. The van der Waals surface area contributed by atoms with Crippen molar-refractivity contribution in [3.05, 3.63) is 21.9 Å². The van der Waals surface area contributed by atoms with Crippen LogP contribution < -0.4 is 0 Å². The first-order chi connectivity index (χ1) is 5.52. The molecule has 2 N–H and O–H groups in total. The van der Waals surface area contributed by atoms with E-state index in [1.807, 2.05) is 13.8 Å². The maximum atomic E-state index is 10.5. The number of hydrogen-bond donors (Lipinski definition) is 2. The average Bonchev–Trinajstić information content (AvgIpc) is 2.30. The van der Waals surface area contributed by atoms with Crippen molar-refractivity contribution in [1.82, 2.24) is 4.98 Å². The molecule has 0 aliphatic heterocycles. The van der Waals surface area contributed by atoms with E-state index < -0.39 is 5.97 Å². The highest BCUT2D eigenvalue weighted by atomic mass is 79.9. The molecular weight excluding hydrogens is 222 g/mol. The summed E-state index contributed by atoms with van der Waals surface area (Å²) >= 11 is 3.29. The van der Waals surface area contributed by atoms with Crippen LogP contribution in [0.3, 0.4) is 0 Å². The maximum Gasteiger partial charge on any atom is 0.352 e. The number of H-pyrrole nitrogens is 1. The molecule has 0 aromatic carbocycles. The van der Waals surface area contributed by atoms with Crippen LogP contribution >= 0.6 is 15.9 Å². The fraction of sp³-hybridized carbons (Fsp3) is 0.375. The van der Waals surface area contributed by atoms with Gasteiger partial charge in [0.15, 0.2) is 0 Å². The van der Waals surface area contributed by atoms with Gasteiger partial charge in [-0.15, -0.1) is 0 Å². The van der Waals surface area contributed by atoms with Gasteiger partial charge in [-0.3, -0.25) is 0 Å². The van der Waals surface area contributed by atoms with Crippen molar-refractivity contribution >= 4 is 21.9 Å². The average molecular weight is 232 g/mol. The number of rotatable bonds is 2. The molecule has 1 heterocycles. The molecule has 1 aromatic rings. The van der Waals surface area contributed by atoms with E-state index in [0.29, 0.717) is 5.92 Å². The van der Waals surface area contributed by atoms with E-state index in [-0.39, 0.29) is 5.69 Å². The number of carboxylic acid groups (broad SMARTS) is 1. The number of aromatic carboxylic acids is 1. The Balaban J connectivity index is 3.09. The molecular formula is C8H10BrNO2. The summed E-state index contributed by atoms with van der Waals surface area (Å²) in [5.41, 5.74) is 1.15. The number of carbonyl (C=O) groups is 1. The summed E-state index contributed by atoms with van der Waals surface area (Å²) in [5, 5.41) is 8.65. The van der Waals surface area contributed by atoms with Gasteiger partial charge in [-0.1, -0.05) is 13.8 Å². The highest BCUT2D eigenvalue weighted by Crippen LogP contribution is 2.24. The molecule has 0 saturated heterocycles. The number of halogens is 1. The smallest absolute Gasteiger partial charge is 0.352 e. The van der Waals surface area contributed by atoms with Gasteiger partial charge in [-0.05, 0) is 27.9 Å². The van der Waals surface area contributed by atoms with Crippen LogP contribution in [0.15, 0.2) is 10.5 Å². The first-order valence-corrected chi connectivity index (χ1v) is 4.43. The van der Waals surface area contributed by atoms with Gasteiger partial charge in [0.1, 0.15) is 5.69 Å². The quantitative estimate of drug-likeness (QED) is 0.823. The Morgan fingerprint density at radius 3 is 2.50 bits per heavy atom. The van der Waals surface area contributed by atoms with Crippen LogP contribution in [0.1, 0.15) is 35.9 Å². The highest BCUT2D eigenvalue weighted by Gasteiger charge is 2.12. The second kappa shape index (κ2) is 3.31. The van der Waals surface area contributed by atoms with Crippen molar-refractivity contribution in [2.24, 2.45) is 0 Å². The summed E-state index contributed by atoms with van der Waals surface area (Å²) < 4.78 is 0.829. The van der Waals surface area contributed by atoms with Crippen molar-refractivity contribution in [2.75, 3.05) is 0 Å². The Morgan fingerprint density at radius 2 is 2.25 bits per heavy atom. The Morgan fingerprint density at radius 1 is 1.67 bits per heavy atom. The SMILES string of the molecule is CC(C)c1[nH]c(C(=O)O)cc1Br. The van der Waals surface area contributed by atoms with Crippen molar-refractivity contribution < 1.29 is 9.90 Å². The van der Waals surface area contributed by atoms with Gasteiger partial charge >= 0.3 is 5.97 Å². The molecule has 12 heavy (non-hydrogen) atoms. The lowest BCUT2D eigenvalue weighted by molar-refractivity contribution is 0.0691. The molecule has 0 radical (unpaired) electrons. The summed E-state index contributed by atoms with van der Waals surface area (Å²) in [6, 6.07) is 1.58. The monoisotopic (exact) mass is 231 g/mol. The summed E-state index contributed by atoms with van der Waals surface area (Å²) in [7, 11) is 0.